The molecule has 0 radical (unpaired) electrons. The van der Waals surface area contributed by atoms with E-state index >= 15 is 0 Å². The first-order valence-electron chi connectivity index (χ1n) is 6.46. The van der Waals surface area contributed by atoms with Gasteiger partial charge in [0, 0.05) is 19.8 Å². The summed E-state index contributed by atoms with van der Waals surface area (Å²) in [7, 11) is 1.89. The van der Waals surface area contributed by atoms with E-state index in [0.717, 1.165) is 28.5 Å². The third-order valence-corrected chi connectivity index (χ3v) is 3.43. The van der Waals surface area contributed by atoms with Crippen molar-refractivity contribution in [2.24, 2.45) is 12.8 Å². The molecule has 0 atom stereocenters. The first-order chi connectivity index (χ1) is 9.61. The predicted octanol–water partition coefficient (Wildman–Crippen LogP) is 1.94. The van der Waals surface area contributed by atoms with Crippen LogP contribution in [-0.2, 0) is 13.6 Å². The van der Waals surface area contributed by atoms with E-state index in [2.05, 4.69) is 10.1 Å². The molecule has 0 saturated heterocycles. The summed E-state index contributed by atoms with van der Waals surface area (Å²) in [6.45, 7) is 4.24. The van der Waals surface area contributed by atoms with E-state index in [-0.39, 0.29) is 0 Å². The predicted molar refractivity (Wildman–Crippen MR) is 75.8 cm³/mol. The largest absolute Gasteiger partial charge is 0.433 e. The number of hydrogen-bond donors (Lipinski definition) is 1. The van der Waals surface area contributed by atoms with E-state index in [1.54, 1.807) is 4.68 Å². The summed E-state index contributed by atoms with van der Waals surface area (Å²) < 4.78 is 9.71. The Labute approximate surface area is 116 Å². The molecule has 0 fully saturated rings. The fourth-order valence-corrected chi connectivity index (χ4v) is 2.29. The standard InChI is InChI=1S/C14H17N5O/c1-9-13(10(2)18(3)17-9)20-14-11(8-15)19-7-5-4-6-12(19)16-14/h4-7H,8,15H2,1-3H3. The van der Waals surface area contributed by atoms with Crippen molar-refractivity contribution in [3.8, 4) is 11.6 Å². The maximum Gasteiger partial charge on any atom is 0.242 e. The SMILES string of the molecule is Cc1nn(C)c(C)c1Oc1nc2ccccn2c1CN. The van der Waals surface area contributed by atoms with Crippen molar-refractivity contribution in [3.05, 3.63) is 41.5 Å². The summed E-state index contributed by atoms with van der Waals surface area (Å²) >= 11 is 0. The highest BCUT2D eigenvalue weighted by Crippen LogP contribution is 2.30. The lowest BCUT2D eigenvalue weighted by atomic mass is 10.3. The van der Waals surface area contributed by atoms with Gasteiger partial charge in [-0.1, -0.05) is 6.07 Å². The number of fused-ring (bicyclic) bond motifs is 1. The van der Waals surface area contributed by atoms with Gasteiger partial charge < -0.3 is 10.5 Å². The Balaban J connectivity index is 2.10. The summed E-state index contributed by atoms with van der Waals surface area (Å²) in [5.41, 5.74) is 9.30. The van der Waals surface area contributed by atoms with E-state index in [1.807, 2.05) is 49.7 Å². The number of nitrogens with two attached hydrogens (primary N) is 1. The van der Waals surface area contributed by atoms with Crippen LogP contribution in [0.2, 0.25) is 0 Å². The molecule has 0 spiro atoms. The van der Waals surface area contributed by atoms with E-state index < -0.39 is 0 Å². The van der Waals surface area contributed by atoms with Crippen LogP contribution in [0.3, 0.4) is 0 Å². The van der Waals surface area contributed by atoms with Gasteiger partial charge in [-0.3, -0.25) is 9.08 Å². The van der Waals surface area contributed by atoms with Gasteiger partial charge in [-0.2, -0.15) is 10.1 Å². The highest BCUT2D eigenvalue weighted by Gasteiger charge is 2.17. The van der Waals surface area contributed by atoms with Gasteiger partial charge in [0.05, 0.1) is 5.69 Å². The van der Waals surface area contributed by atoms with E-state index in [1.165, 1.54) is 0 Å². The molecule has 0 bridgehead atoms. The first-order valence-corrected chi connectivity index (χ1v) is 6.46. The van der Waals surface area contributed by atoms with Gasteiger partial charge in [0.2, 0.25) is 5.88 Å². The van der Waals surface area contributed by atoms with Gasteiger partial charge in [-0.25, -0.2) is 0 Å². The Morgan fingerprint density at radius 3 is 2.75 bits per heavy atom. The second-order valence-corrected chi connectivity index (χ2v) is 4.72. The zero-order valence-corrected chi connectivity index (χ0v) is 11.8. The van der Waals surface area contributed by atoms with Crippen LogP contribution in [0.1, 0.15) is 17.1 Å². The van der Waals surface area contributed by atoms with Crippen LogP contribution in [0.25, 0.3) is 5.65 Å². The number of rotatable bonds is 3. The first kappa shape index (κ1) is 12.7. The Bertz CT molecular complexity index is 771. The van der Waals surface area contributed by atoms with Crippen molar-refractivity contribution >= 4 is 5.65 Å². The average molecular weight is 271 g/mol. The Morgan fingerprint density at radius 1 is 1.30 bits per heavy atom. The second-order valence-electron chi connectivity index (χ2n) is 4.72. The molecular formula is C14H17N5O. The molecule has 3 aromatic heterocycles. The summed E-state index contributed by atoms with van der Waals surface area (Å²) in [6, 6.07) is 5.81. The molecule has 0 unspecified atom stereocenters. The monoisotopic (exact) mass is 271 g/mol. The molecule has 3 rings (SSSR count). The number of ether oxygens (including phenoxy) is 1. The van der Waals surface area contributed by atoms with Gasteiger partial charge in [-0.15, -0.1) is 0 Å². The second kappa shape index (κ2) is 4.64. The molecule has 6 nitrogen and oxygen atoms in total. The molecule has 2 N–H and O–H groups in total. The lowest BCUT2D eigenvalue weighted by Gasteiger charge is -2.05. The van der Waals surface area contributed by atoms with E-state index in [4.69, 9.17) is 10.5 Å². The molecule has 20 heavy (non-hydrogen) atoms. The van der Waals surface area contributed by atoms with Crippen molar-refractivity contribution in [2.45, 2.75) is 20.4 Å². The molecule has 0 aliphatic rings. The van der Waals surface area contributed by atoms with Crippen LogP contribution in [0.5, 0.6) is 11.6 Å². The summed E-state index contributed by atoms with van der Waals surface area (Å²) in [4.78, 5) is 4.49. The van der Waals surface area contributed by atoms with Crippen LogP contribution in [0, 0.1) is 13.8 Å². The summed E-state index contributed by atoms with van der Waals surface area (Å²) in [5.74, 6) is 1.28. The van der Waals surface area contributed by atoms with Crippen LogP contribution >= 0.6 is 0 Å². The van der Waals surface area contributed by atoms with Crippen LogP contribution < -0.4 is 10.5 Å². The number of pyridine rings is 1. The number of aromatic nitrogens is 4. The van der Waals surface area contributed by atoms with E-state index in [9.17, 15) is 0 Å². The highest BCUT2D eigenvalue weighted by molar-refractivity contribution is 5.47. The van der Waals surface area contributed by atoms with Crippen molar-refractivity contribution in [2.75, 3.05) is 0 Å². The van der Waals surface area contributed by atoms with E-state index in [0.29, 0.717) is 12.4 Å². The number of aryl methyl sites for hydroxylation is 2. The molecule has 104 valence electrons. The quantitative estimate of drug-likeness (QED) is 0.790. The number of hydrogen-bond acceptors (Lipinski definition) is 4. The van der Waals surface area contributed by atoms with Crippen molar-refractivity contribution in [3.63, 3.8) is 0 Å². The van der Waals surface area contributed by atoms with Crippen molar-refractivity contribution in [1.82, 2.24) is 19.2 Å². The van der Waals surface area contributed by atoms with Crippen LogP contribution in [-0.4, -0.2) is 19.2 Å². The minimum Gasteiger partial charge on any atom is -0.433 e. The smallest absolute Gasteiger partial charge is 0.242 e. The fourth-order valence-electron chi connectivity index (χ4n) is 2.29. The minimum absolute atomic E-state index is 0.360. The average Bonchev–Trinajstić information content (AvgIpc) is 2.91. The number of nitrogens with zero attached hydrogens (tertiary/aromatic N) is 4. The molecule has 3 heterocycles. The molecule has 0 aromatic carbocycles. The molecule has 6 heteroatoms. The topological polar surface area (TPSA) is 70.4 Å². The lowest BCUT2D eigenvalue weighted by molar-refractivity contribution is 0.452. The third-order valence-electron chi connectivity index (χ3n) is 3.43. The van der Waals surface area contributed by atoms with Crippen LogP contribution in [0.15, 0.2) is 24.4 Å². The molecule has 0 aliphatic carbocycles. The van der Waals surface area contributed by atoms with Crippen molar-refractivity contribution in [1.29, 1.82) is 0 Å². The van der Waals surface area contributed by atoms with Gasteiger partial charge in [0.1, 0.15) is 17.0 Å². The molecule has 0 aliphatic heterocycles. The lowest BCUT2D eigenvalue weighted by Crippen LogP contribution is -2.02. The minimum atomic E-state index is 0.360. The van der Waals surface area contributed by atoms with Gasteiger partial charge in [0.15, 0.2) is 5.75 Å². The van der Waals surface area contributed by atoms with Gasteiger partial charge in [0.25, 0.3) is 0 Å². The Hall–Kier alpha value is -2.34. The maximum absolute atomic E-state index is 5.97. The summed E-state index contributed by atoms with van der Waals surface area (Å²) in [6.07, 6.45) is 1.93. The highest BCUT2D eigenvalue weighted by atomic mass is 16.5. The molecular weight excluding hydrogens is 254 g/mol. The molecule has 0 saturated carbocycles. The summed E-state index contributed by atoms with van der Waals surface area (Å²) in [5, 5.41) is 4.34. The van der Waals surface area contributed by atoms with Crippen LogP contribution in [0.4, 0.5) is 0 Å². The molecule has 0 amide bonds. The van der Waals surface area contributed by atoms with Crippen molar-refractivity contribution < 1.29 is 4.74 Å². The maximum atomic E-state index is 5.97. The Morgan fingerprint density at radius 2 is 2.10 bits per heavy atom. The zero-order chi connectivity index (χ0) is 14.3. The molecule has 3 aromatic rings. The third kappa shape index (κ3) is 1.85. The Kier molecular flexibility index (Phi) is 2.94. The fraction of sp³-hybridized carbons (Fsp3) is 0.286. The zero-order valence-electron chi connectivity index (χ0n) is 11.8. The number of imidazole rings is 1. The van der Waals surface area contributed by atoms with Gasteiger partial charge >= 0.3 is 0 Å². The van der Waals surface area contributed by atoms with Gasteiger partial charge in [-0.05, 0) is 26.0 Å². The normalized spacial score (nSPS) is 11.2.